The molecule has 2 aromatic carbocycles. The fourth-order valence-electron chi connectivity index (χ4n) is 3.60. The highest BCUT2D eigenvalue weighted by Gasteiger charge is 2.35. The largest absolute Gasteiger partial charge is 0.510 e. The summed E-state index contributed by atoms with van der Waals surface area (Å²) >= 11 is 0. The molecule has 0 aliphatic rings. The Bertz CT molecular complexity index is 1070. The molecule has 5 heteroatoms. The van der Waals surface area contributed by atoms with Crippen LogP contribution in [0.1, 0.15) is 43.5 Å². The summed E-state index contributed by atoms with van der Waals surface area (Å²) in [4.78, 5) is 15.6. The first-order valence-corrected chi connectivity index (χ1v) is 9.68. The van der Waals surface area contributed by atoms with Crippen molar-refractivity contribution in [2.75, 3.05) is 0 Å². The summed E-state index contributed by atoms with van der Waals surface area (Å²) in [7, 11) is 0. The van der Waals surface area contributed by atoms with E-state index in [1.165, 1.54) is 12.1 Å². The first-order chi connectivity index (χ1) is 13.7. The average Bonchev–Trinajstić information content (AvgIpc) is 3.01. The Labute approximate surface area is 170 Å². The van der Waals surface area contributed by atoms with Crippen LogP contribution in [0.15, 0.2) is 59.9 Å². The van der Waals surface area contributed by atoms with Crippen molar-refractivity contribution < 1.29 is 14.3 Å². The van der Waals surface area contributed by atoms with E-state index >= 15 is 0 Å². The third kappa shape index (κ3) is 3.70. The minimum atomic E-state index is -1.07. The molecule has 0 aliphatic heterocycles. The molecule has 0 aliphatic carbocycles. The highest BCUT2D eigenvalue weighted by molar-refractivity contribution is 5.87. The van der Waals surface area contributed by atoms with Gasteiger partial charge in [0.1, 0.15) is 17.9 Å². The van der Waals surface area contributed by atoms with Crippen molar-refractivity contribution in [3.8, 4) is 0 Å². The zero-order chi connectivity index (χ0) is 21.3. The molecule has 0 bridgehead atoms. The lowest BCUT2D eigenvalue weighted by atomic mass is 9.79. The number of allylic oxidation sites excluding steroid dienone is 1. The van der Waals surface area contributed by atoms with Crippen LogP contribution in [0.25, 0.3) is 10.9 Å². The van der Waals surface area contributed by atoms with Crippen molar-refractivity contribution in [1.29, 1.82) is 0 Å². The van der Waals surface area contributed by atoms with Gasteiger partial charge in [0, 0.05) is 22.2 Å². The number of fused-ring (bicyclic) bond motifs is 1. The lowest BCUT2D eigenvalue weighted by Gasteiger charge is -2.31. The van der Waals surface area contributed by atoms with E-state index in [1.807, 2.05) is 51.1 Å². The van der Waals surface area contributed by atoms with Crippen LogP contribution in [0.2, 0.25) is 0 Å². The highest BCUT2D eigenvalue weighted by Crippen LogP contribution is 2.38. The molecule has 0 fully saturated rings. The lowest BCUT2D eigenvalue weighted by molar-refractivity contribution is -0.105. The normalized spacial score (nSPS) is 15.8. The molecule has 152 valence electrons. The lowest BCUT2D eigenvalue weighted by Crippen LogP contribution is -2.45. The number of aromatic amines is 1. The quantitative estimate of drug-likeness (QED) is 0.308. The molecule has 4 N–H and O–H groups in total. The summed E-state index contributed by atoms with van der Waals surface area (Å²) in [6, 6.07) is 14.0. The second-order valence-electron chi connectivity index (χ2n) is 8.06. The van der Waals surface area contributed by atoms with Crippen molar-refractivity contribution in [2.24, 2.45) is 11.7 Å². The van der Waals surface area contributed by atoms with Crippen LogP contribution in [0, 0.1) is 18.7 Å². The predicted molar refractivity (Wildman–Crippen MR) is 114 cm³/mol. The minimum absolute atomic E-state index is 0.0909. The van der Waals surface area contributed by atoms with Gasteiger partial charge in [0.25, 0.3) is 0 Å². The standard InChI is InChI=1S/C24H27FN2O2/c1-14(2)24(4,26)23(29)19(13-28)21(16-8-6-5-7-9-16)22-15(3)18-12-17(25)10-11-20(18)27-22/h5-14,21,27,29H,26H2,1-4H3/b23-19-/t21?,24-/m1/s1. The van der Waals surface area contributed by atoms with Gasteiger partial charge in [0.15, 0.2) is 0 Å². The Morgan fingerprint density at radius 1 is 1.21 bits per heavy atom. The topological polar surface area (TPSA) is 79.1 Å². The van der Waals surface area contributed by atoms with Crippen LogP contribution in [0.4, 0.5) is 4.39 Å². The smallest absolute Gasteiger partial charge is 0.150 e. The number of aliphatic hydroxyl groups is 1. The number of H-pyrrole nitrogens is 1. The zero-order valence-electron chi connectivity index (χ0n) is 17.2. The summed E-state index contributed by atoms with van der Waals surface area (Å²) in [5.74, 6) is -1.12. The zero-order valence-corrected chi connectivity index (χ0v) is 17.2. The SMILES string of the molecule is Cc1c(C(/C(C=O)=C(\O)[C@](C)(N)C(C)C)c2ccccc2)[nH]c2ccc(F)cc12. The number of nitrogens with one attached hydrogen (secondary N) is 1. The van der Waals surface area contributed by atoms with Crippen LogP contribution in [-0.2, 0) is 4.79 Å². The molecule has 0 saturated heterocycles. The number of aryl methyl sites for hydroxylation is 1. The molecule has 0 spiro atoms. The fourth-order valence-corrected chi connectivity index (χ4v) is 3.60. The molecule has 0 amide bonds. The predicted octanol–water partition coefficient (Wildman–Crippen LogP) is 5.13. The number of hydrogen-bond donors (Lipinski definition) is 3. The molecule has 3 rings (SSSR count). The summed E-state index contributed by atoms with van der Waals surface area (Å²) in [6.45, 7) is 7.39. The number of nitrogens with two attached hydrogens (primary N) is 1. The number of aldehydes is 1. The van der Waals surface area contributed by atoms with Crippen LogP contribution in [-0.4, -0.2) is 21.9 Å². The van der Waals surface area contributed by atoms with Crippen molar-refractivity contribution in [2.45, 2.75) is 39.2 Å². The summed E-state index contributed by atoms with van der Waals surface area (Å²) in [5.41, 5.74) is 8.65. The monoisotopic (exact) mass is 394 g/mol. The third-order valence-corrected chi connectivity index (χ3v) is 5.90. The molecule has 1 aromatic heterocycles. The fraction of sp³-hybridized carbons (Fsp3) is 0.292. The van der Waals surface area contributed by atoms with E-state index in [9.17, 15) is 14.3 Å². The number of carbonyl (C=O) groups is 1. The molecule has 2 atom stereocenters. The second-order valence-corrected chi connectivity index (χ2v) is 8.06. The molecular weight excluding hydrogens is 367 g/mol. The van der Waals surface area contributed by atoms with Gasteiger partial charge >= 0.3 is 0 Å². The van der Waals surface area contributed by atoms with E-state index in [0.29, 0.717) is 6.29 Å². The van der Waals surface area contributed by atoms with E-state index in [0.717, 1.165) is 27.7 Å². The van der Waals surface area contributed by atoms with Gasteiger partial charge in [0.2, 0.25) is 0 Å². The van der Waals surface area contributed by atoms with E-state index in [1.54, 1.807) is 13.0 Å². The molecule has 4 nitrogen and oxygen atoms in total. The second kappa shape index (κ2) is 7.84. The van der Waals surface area contributed by atoms with Crippen molar-refractivity contribution in [3.63, 3.8) is 0 Å². The Kier molecular flexibility index (Phi) is 5.62. The number of carbonyl (C=O) groups excluding carboxylic acids is 1. The first-order valence-electron chi connectivity index (χ1n) is 9.68. The maximum absolute atomic E-state index is 13.8. The Morgan fingerprint density at radius 3 is 2.45 bits per heavy atom. The number of rotatable bonds is 6. The maximum Gasteiger partial charge on any atom is 0.150 e. The van der Waals surface area contributed by atoms with Gasteiger partial charge in [-0.3, -0.25) is 4.79 Å². The number of aromatic nitrogens is 1. The minimum Gasteiger partial charge on any atom is -0.510 e. The Hall–Kier alpha value is -2.92. The summed E-state index contributed by atoms with van der Waals surface area (Å²) in [6.07, 6.45) is 0.673. The molecule has 3 aromatic rings. The van der Waals surface area contributed by atoms with Crippen LogP contribution in [0.3, 0.4) is 0 Å². The van der Waals surface area contributed by atoms with Crippen LogP contribution < -0.4 is 5.73 Å². The molecular formula is C24H27FN2O2. The molecule has 29 heavy (non-hydrogen) atoms. The maximum atomic E-state index is 13.8. The van der Waals surface area contributed by atoms with Crippen LogP contribution >= 0.6 is 0 Å². The van der Waals surface area contributed by atoms with Crippen molar-refractivity contribution >= 4 is 17.2 Å². The summed E-state index contributed by atoms with van der Waals surface area (Å²) < 4.78 is 13.8. The molecule has 0 saturated carbocycles. The number of hydrogen-bond acceptors (Lipinski definition) is 3. The molecule has 1 unspecified atom stereocenters. The van der Waals surface area contributed by atoms with E-state index in [-0.39, 0.29) is 23.1 Å². The number of benzene rings is 2. The first kappa shape index (κ1) is 20.8. The summed E-state index contributed by atoms with van der Waals surface area (Å²) in [5, 5.41) is 11.8. The van der Waals surface area contributed by atoms with E-state index in [4.69, 9.17) is 5.73 Å². The van der Waals surface area contributed by atoms with Crippen LogP contribution in [0.5, 0.6) is 0 Å². The van der Waals surface area contributed by atoms with Crippen molar-refractivity contribution in [1.82, 2.24) is 4.98 Å². The average molecular weight is 394 g/mol. The van der Waals surface area contributed by atoms with Gasteiger partial charge in [0.05, 0.1) is 11.5 Å². The van der Waals surface area contributed by atoms with E-state index < -0.39 is 11.5 Å². The molecule has 0 radical (unpaired) electrons. The van der Waals surface area contributed by atoms with Gasteiger partial charge in [-0.25, -0.2) is 4.39 Å². The number of halogens is 1. The van der Waals surface area contributed by atoms with Gasteiger partial charge in [-0.15, -0.1) is 0 Å². The van der Waals surface area contributed by atoms with Crippen molar-refractivity contribution in [3.05, 3.63) is 82.5 Å². The number of aliphatic hydroxyl groups excluding tert-OH is 1. The highest BCUT2D eigenvalue weighted by atomic mass is 19.1. The molecule has 1 heterocycles. The third-order valence-electron chi connectivity index (χ3n) is 5.90. The van der Waals surface area contributed by atoms with Gasteiger partial charge in [-0.05, 0) is 49.1 Å². The van der Waals surface area contributed by atoms with E-state index in [2.05, 4.69) is 4.98 Å². The Morgan fingerprint density at radius 2 is 1.86 bits per heavy atom. The Balaban J connectivity index is 2.32. The van der Waals surface area contributed by atoms with Gasteiger partial charge < -0.3 is 15.8 Å². The van der Waals surface area contributed by atoms with Gasteiger partial charge in [-0.2, -0.15) is 0 Å². The van der Waals surface area contributed by atoms with Gasteiger partial charge in [-0.1, -0.05) is 44.2 Å².